The number of hydrogen-bond acceptors (Lipinski definition) is 2. The summed E-state index contributed by atoms with van der Waals surface area (Å²) in [6.07, 6.45) is 2.71. The molecule has 2 rings (SSSR count). The summed E-state index contributed by atoms with van der Waals surface area (Å²) in [5.74, 6) is 0.262. The van der Waals surface area contributed by atoms with E-state index in [4.69, 9.17) is 0 Å². The molecule has 0 saturated heterocycles. The van der Waals surface area contributed by atoms with Crippen LogP contribution >= 0.6 is 38.5 Å². The highest BCUT2D eigenvalue weighted by Gasteiger charge is 2.05. The second-order valence-corrected chi connectivity index (χ2v) is 6.18. The molecule has 0 atom stereocenters. The molecule has 0 aliphatic heterocycles. The molecule has 4 heteroatoms. The molecule has 0 amide bonds. The number of aliphatic imine (C=N–C) groups is 1. The lowest BCUT2D eigenvalue weighted by Crippen LogP contribution is -1.86. The molecule has 0 bridgehead atoms. The highest BCUT2D eigenvalue weighted by Crippen LogP contribution is 2.28. The Morgan fingerprint density at radius 1 is 1.26 bits per heavy atom. The Morgan fingerprint density at radius 3 is 2.58 bits per heavy atom. The molecule has 0 aliphatic rings. The van der Waals surface area contributed by atoms with E-state index < -0.39 is 0 Å². The molecular formula is C15H13BrINO. The van der Waals surface area contributed by atoms with E-state index in [1.54, 1.807) is 6.21 Å². The van der Waals surface area contributed by atoms with Gasteiger partial charge in [0.2, 0.25) is 0 Å². The quantitative estimate of drug-likeness (QED) is 0.536. The number of benzene rings is 2. The number of nitrogens with zero attached hydrogens (tertiary/aromatic N) is 1. The molecule has 0 unspecified atom stereocenters. The second kappa shape index (κ2) is 6.52. The molecular weight excluding hydrogens is 417 g/mol. The van der Waals surface area contributed by atoms with Crippen LogP contribution in [0.4, 0.5) is 5.69 Å². The van der Waals surface area contributed by atoms with Crippen molar-refractivity contribution in [3.8, 4) is 5.75 Å². The summed E-state index contributed by atoms with van der Waals surface area (Å²) in [5, 5.41) is 9.96. The van der Waals surface area contributed by atoms with Gasteiger partial charge in [0.1, 0.15) is 5.75 Å². The predicted octanol–water partition coefficient (Wildman–Crippen LogP) is 5.07. The minimum Gasteiger partial charge on any atom is -0.506 e. The van der Waals surface area contributed by atoms with Crippen LogP contribution in [0.25, 0.3) is 0 Å². The predicted molar refractivity (Wildman–Crippen MR) is 91.6 cm³/mol. The molecule has 0 saturated carbocycles. The molecule has 0 heterocycles. The van der Waals surface area contributed by atoms with Crippen LogP contribution < -0.4 is 0 Å². The summed E-state index contributed by atoms with van der Waals surface area (Å²) < 4.78 is 1.73. The van der Waals surface area contributed by atoms with Crippen molar-refractivity contribution in [2.24, 2.45) is 4.99 Å². The van der Waals surface area contributed by atoms with Gasteiger partial charge in [-0.2, -0.15) is 0 Å². The maximum absolute atomic E-state index is 9.96. The van der Waals surface area contributed by atoms with Crippen molar-refractivity contribution >= 4 is 50.4 Å². The number of phenolic OH excluding ortho intramolecular Hbond substituents is 1. The summed E-state index contributed by atoms with van der Waals surface area (Å²) in [5.41, 5.74) is 2.88. The van der Waals surface area contributed by atoms with Crippen LogP contribution in [-0.4, -0.2) is 11.3 Å². The first kappa shape index (κ1) is 14.5. The van der Waals surface area contributed by atoms with E-state index in [0.717, 1.165) is 20.2 Å². The average molecular weight is 430 g/mol. The highest BCUT2D eigenvalue weighted by molar-refractivity contribution is 14.1. The summed E-state index contributed by atoms with van der Waals surface area (Å²) in [7, 11) is 0. The second-order valence-electron chi connectivity index (χ2n) is 4.10. The summed E-state index contributed by atoms with van der Waals surface area (Å²) >= 11 is 5.51. The van der Waals surface area contributed by atoms with Crippen LogP contribution in [0, 0.1) is 3.57 Å². The molecule has 19 heavy (non-hydrogen) atoms. The first-order chi connectivity index (χ1) is 9.10. The van der Waals surface area contributed by atoms with Crippen molar-refractivity contribution in [2.75, 3.05) is 0 Å². The van der Waals surface area contributed by atoms with Crippen molar-refractivity contribution in [3.63, 3.8) is 0 Å². The average Bonchev–Trinajstić information content (AvgIpc) is 2.41. The fraction of sp³-hybridized carbons (Fsp3) is 0.133. The number of hydrogen-bond donors (Lipinski definition) is 1. The van der Waals surface area contributed by atoms with E-state index in [2.05, 4.69) is 62.6 Å². The lowest BCUT2D eigenvalue weighted by Gasteiger charge is -2.03. The van der Waals surface area contributed by atoms with Crippen LogP contribution in [0.3, 0.4) is 0 Å². The van der Waals surface area contributed by atoms with Gasteiger partial charge in [0.05, 0.1) is 9.26 Å². The number of aryl methyl sites for hydroxylation is 1. The normalized spacial score (nSPS) is 11.1. The van der Waals surface area contributed by atoms with E-state index >= 15 is 0 Å². The summed E-state index contributed by atoms with van der Waals surface area (Å²) in [6, 6.07) is 11.8. The Hall–Kier alpha value is -0.880. The van der Waals surface area contributed by atoms with Gasteiger partial charge in [0.15, 0.2) is 0 Å². The zero-order chi connectivity index (χ0) is 13.8. The van der Waals surface area contributed by atoms with Crippen molar-refractivity contribution in [2.45, 2.75) is 13.3 Å². The smallest absolute Gasteiger partial charge is 0.137 e. The number of phenols is 1. The molecule has 0 fully saturated rings. The van der Waals surface area contributed by atoms with Gasteiger partial charge in [-0.3, -0.25) is 4.99 Å². The third kappa shape index (κ3) is 3.79. The van der Waals surface area contributed by atoms with Gasteiger partial charge in [-0.1, -0.05) is 35.0 Å². The fourth-order valence-electron chi connectivity index (χ4n) is 1.65. The van der Waals surface area contributed by atoms with Gasteiger partial charge >= 0.3 is 0 Å². The number of rotatable bonds is 3. The molecule has 0 spiro atoms. The minimum absolute atomic E-state index is 0.262. The molecule has 1 N–H and O–H groups in total. The van der Waals surface area contributed by atoms with Crippen molar-refractivity contribution in [3.05, 3.63) is 55.6 Å². The van der Waals surface area contributed by atoms with Crippen LogP contribution in [0.15, 0.2) is 45.9 Å². The van der Waals surface area contributed by atoms with Crippen LogP contribution in [-0.2, 0) is 6.42 Å². The van der Waals surface area contributed by atoms with E-state index in [-0.39, 0.29) is 5.75 Å². The fourth-order valence-corrected chi connectivity index (χ4v) is 3.20. The Morgan fingerprint density at radius 2 is 1.95 bits per heavy atom. The Balaban J connectivity index is 2.27. The van der Waals surface area contributed by atoms with E-state index in [1.165, 1.54) is 5.56 Å². The lowest BCUT2D eigenvalue weighted by atomic mass is 10.1. The number of aromatic hydroxyl groups is 1. The van der Waals surface area contributed by atoms with Crippen LogP contribution in [0.1, 0.15) is 18.1 Å². The van der Waals surface area contributed by atoms with Gasteiger partial charge in [0, 0.05) is 16.3 Å². The van der Waals surface area contributed by atoms with Gasteiger partial charge < -0.3 is 5.11 Å². The van der Waals surface area contributed by atoms with Crippen molar-refractivity contribution < 1.29 is 5.11 Å². The first-order valence-electron chi connectivity index (χ1n) is 5.91. The lowest BCUT2D eigenvalue weighted by molar-refractivity contribution is 0.470. The molecule has 98 valence electrons. The maximum Gasteiger partial charge on any atom is 0.137 e. The van der Waals surface area contributed by atoms with E-state index in [1.807, 2.05) is 24.3 Å². The molecule has 2 aromatic rings. The topological polar surface area (TPSA) is 32.6 Å². The van der Waals surface area contributed by atoms with Gasteiger partial charge in [-0.25, -0.2) is 0 Å². The first-order valence-corrected chi connectivity index (χ1v) is 7.78. The highest BCUT2D eigenvalue weighted by atomic mass is 127. The zero-order valence-corrected chi connectivity index (χ0v) is 14.1. The van der Waals surface area contributed by atoms with Gasteiger partial charge in [0.25, 0.3) is 0 Å². The molecule has 0 radical (unpaired) electrons. The Labute approximate surface area is 134 Å². The number of halogens is 2. The van der Waals surface area contributed by atoms with Crippen LogP contribution in [0.5, 0.6) is 5.75 Å². The van der Waals surface area contributed by atoms with Crippen molar-refractivity contribution in [1.29, 1.82) is 0 Å². The summed E-state index contributed by atoms with van der Waals surface area (Å²) in [4.78, 5) is 4.39. The van der Waals surface area contributed by atoms with Crippen LogP contribution in [0.2, 0.25) is 0 Å². The monoisotopic (exact) mass is 429 g/mol. The van der Waals surface area contributed by atoms with E-state index in [0.29, 0.717) is 5.56 Å². The van der Waals surface area contributed by atoms with E-state index in [9.17, 15) is 5.11 Å². The molecule has 0 aliphatic carbocycles. The van der Waals surface area contributed by atoms with Crippen molar-refractivity contribution in [1.82, 2.24) is 0 Å². The maximum atomic E-state index is 9.96. The third-order valence-corrected chi connectivity index (χ3v) is 4.04. The molecule has 2 nitrogen and oxygen atoms in total. The summed E-state index contributed by atoms with van der Waals surface area (Å²) in [6.45, 7) is 2.12. The SMILES string of the molecule is CCc1ccc(N=Cc2cc(Br)cc(I)c2O)cc1. The standard InChI is InChI=1S/C15H13BrINO/c1-2-10-3-5-13(6-4-10)18-9-11-7-12(16)8-14(17)15(11)19/h3-9,19H,2H2,1H3. The zero-order valence-electron chi connectivity index (χ0n) is 10.4. The minimum atomic E-state index is 0.262. The van der Waals surface area contributed by atoms with Gasteiger partial charge in [-0.05, 0) is 58.8 Å². The largest absolute Gasteiger partial charge is 0.506 e. The Kier molecular flexibility index (Phi) is 4.99. The third-order valence-electron chi connectivity index (χ3n) is 2.75. The van der Waals surface area contributed by atoms with Gasteiger partial charge in [-0.15, -0.1) is 0 Å². The molecule has 2 aromatic carbocycles. The molecule has 0 aromatic heterocycles. The Bertz CT molecular complexity index is 608.